The number of nitrogens with zero attached hydrogens (tertiary/aromatic N) is 1. The van der Waals surface area contributed by atoms with Crippen molar-refractivity contribution in [3.8, 4) is 5.75 Å². The zero-order valence-corrected chi connectivity index (χ0v) is 17.2. The Hall–Kier alpha value is -2.55. The maximum absolute atomic E-state index is 12.7. The molecule has 156 valence electrons. The van der Waals surface area contributed by atoms with Crippen LogP contribution in [0.2, 0.25) is 0 Å². The molecule has 9 heteroatoms. The molecule has 0 unspecified atom stereocenters. The Balaban J connectivity index is 1.45. The van der Waals surface area contributed by atoms with Crippen LogP contribution in [0.5, 0.6) is 5.75 Å². The van der Waals surface area contributed by atoms with Gasteiger partial charge in [-0.1, -0.05) is 0 Å². The Morgan fingerprint density at radius 3 is 2.59 bits per heavy atom. The molecule has 4 rings (SSSR count). The first kappa shape index (κ1) is 19.8. The van der Waals surface area contributed by atoms with Crippen molar-refractivity contribution in [2.75, 3.05) is 25.2 Å². The first-order valence-electron chi connectivity index (χ1n) is 9.55. The van der Waals surface area contributed by atoms with Gasteiger partial charge in [-0.05, 0) is 44.4 Å². The zero-order chi connectivity index (χ0) is 20.8. The summed E-state index contributed by atoms with van der Waals surface area (Å²) in [6, 6.07) is 4.91. The molecule has 1 aromatic heterocycles. The molecular weight excluding hydrogens is 398 g/mol. The van der Waals surface area contributed by atoms with Gasteiger partial charge in [-0.25, -0.2) is 13.2 Å². The molecule has 1 saturated carbocycles. The van der Waals surface area contributed by atoms with Crippen molar-refractivity contribution in [2.24, 2.45) is 0 Å². The molecule has 0 bridgehead atoms. The Morgan fingerprint density at radius 1 is 1.21 bits per heavy atom. The molecule has 1 aliphatic heterocycles. The minimum Gasteiger partial charge on any atom is -0.497 e. The predicted octanol–water partition coefficient (Wildman–Crippen LogP) is 2.08. The smallest absolute Gasteiger partial charge is 0.375 e. The maximum atomic E-state index is 12.7. The summed E-state index contributed by atoms with van der Waals surface area (Å²) < 4.78 is 39.6. The Bertz CT molecular complexity index is 1070. The van der Waals surface area contributed by atoms with E-state index in [9.17, 15) is 18.0 Å². The predicted molar refractivity (Wildman–Crippen MR) is 105 cm³/mol. The number of sulfone groups is 1. The van der Waals surface area contributed by atoms with E-state index in [1.807, 2.05) is 0 Å². The van der Waals surface area contributed by atoms with Gasteiger partial charge in [0, 0.05) is 23.0 Å². The van der Waals surface area contributed by atoms with Crippen molar-refractivity contribution in [1.82, 2.24) is 4.90 Å². The summed E-state index contributed by atoms with van der Waals surface area (Å²) in [6.07, 6.45) is 2.13. The zero-order valence-electron chi connectivity index (χ0n) is 16.3. The molecule has 2 fully saturated rings. The van der Waals surface area contributed by atoms with Crippen molar-refractivity contribution in [3.05, 3.63) is 29.5 Å². The number of aryl methyl sites for hydroxylation is 1. The van der Waals surface area contributed by atoms with Crippen molar-refractivity contribution in [2.45, 2.75) is 38.3 Å². The number of esters is 1. The van der Waals surface area contributed by atoms with E-state index >= 15 is 0 Å². The number of ether oxygens (including phenoxy) is 2. The molecule has 0 spiro atoms. The fourth-order valence-corrected chi connectivity index (χ4v) is 5.55. The molecule has 1 atom stereocenters. The Kier molecular flexibility index (Phi) is 5.02. The van der Waals surface area contributed by atoms with Gasteiger partial charge in [-0.15, -0.1) is 0 Å². The molecule has 8 nitrogen and oxygen atoms in total. The van der Waals surface area contributed by atoms with Crippen LogP contribution in [0.3, 0.4) is 0 Å². The highest BCUT2D eigenvalue weighted by molar-refractivity contribution is 7.91. The van der Waals surface area contributed by atoms with E-state index < -0.39 is 22.4 Å². The summed E-state index contributed by atoms with van der Waals surface area (Å²) in [6.45, 7) is 1.30. The average Bonchev–Trinajstić information content (AvgIpc) is 3.38. The van der Waals surface area contributed by atoms with Gasteiger partial charge >= 0.3 is 5.97 Å². The number of hydrogen-bond acceptors (Lipinski definition) is 7. The van der Waals surface area contributed by atoms with Crippen molar-refractivity contribution < 1.29 is 31.9 Å². The van der Waals surface area contributed by atoms with E-state index in [-0.39, 0.29) is 35.3 Å². The summed E-state index contributed by atoms with van der Waals surface area (Å²) in [7, 11) is -1.55. The SMILES string of the molecule is COc1ccc2oc(C(=O)OCC(=O)N(C3CC3)[C@@H]3CCS(=O)(=O)C3)c(C)c2c1. The lowest BCUT2D eigenvalue weighted by Gasteiger charge is -2.28. The van der Waals surface area contributed by atoms with E-state index in [4.69, 9.17) is 13.9 Å². The normalized spacial score (nSPS) is 20.6. The van der Waals surface area contributed by atoms with Crippen molar-refractivity contribution in [3.63, 3.8) is 0 Å². The highest BCUT2D eigenvalue weighted by Gasteiger charge is 2.42. The number of carbonyl (C=O) groups is 2. The average molecular weight is 421 g/mol. The van der Waals surface area contributed by atoms with Gasteiger partial charge in [0.05, 0.1) is 18.6 Å². The summed E-state index contributed by atoms with van der Waals surface area (Å²) >= 11 is 0. The molecule has 1 aromatic carbocycles. The first-order valence-corrected chi connectivity index (χ1v) is 11.4. The number of methoxy groups -OCH3 is 1. The van der Waals surface area contributed by atoms with Crippen LogP contribution in [-0.2, 0) is 19.4 Å². The largest absolute Gasteiger partial charge is 0.497 e. The Morgan fingerprint density at radius 2 is 1.97 bits per heavy atom. The number of fused-ring (bicyclic) bond motifs is 1. The van der Waals surface area contributed by atoms with Crippen molar-refractivity contribution in [1.29, 1.82) is 0 Å². The van der Waals surface area contributed by atoms with Gasteiger partial charge in [0.1, 0.15) is 11.3 Å². The molecule has 1 aliphatic carbocycles. The lowest BCUT2D eigenvalue weighted by atomic mass is 10.1. The maximum Gasteiger partial charge on any atom is 0.375 e. The van der Waals surface area contributed by atoms with Crippen LogP contribution in [0.1, 0.15) is 35.4 Å². The van der Waals surface area contributed by atoms with Gasteiger partial charge in [0.15, 0.2) is 16.4 Å². The second-order valence-corrected chi connectivity index (χ2v) is 9.81. The molecule has 0 N–H and O–H groups in total. The summed E-state index contributed by atoms with van der Waals surface area (Å²) in [4.78, 5) is 26.8. The third-order valence-electron chi connectivity index (χ3n) is 5.49. The van der Waals surface area contributed by atoms with Gasteiger partial charge < -0.3 is 18.8 Å². The number of benzene rings is 1. The highest BCUT2D eigenvalue weighted by Crippen LogP contribution is 2.33. The molecule has 29 heavy (non-hydrogen) atoms. The third kappa shape index (κ3) is 3.96. The first-order chi connectivity index (χ1) is 13.8. The van der Waals surface area contributed by atoms with Crippen LogP contribution in [0.15, 0.2) is 22.6 Å². The van der Waals surface area contributed by atoms with E-state index in [0.29, 0.717) is 23.3 Å². The van der Waals surface area contributed by atoms with Crippen LogP contribution in [0, 0.1) is 6.92 Å². The molecule has 1 saturated heterocycles. The van der Waals surface area contributed by atoms with Crippen LogP contribution >= 0.6 is 0 Å². The molecule has 2 aromatic rings. The minimum atomic E-state index is -3.11. The summed E-state index contributed by atoms with van der Waals surface area (Å²) in [5.74, 6) is -0.326. The van der Waals surface area contributed by atoms with Crippen molar-refractivity contribution >= 4 is 32.7 Å². The van der Waals surface area contributed by atoms with Crippen LogP contribution in [0.4, 0.5) is 0 Å². The fourth-order valence-electron chi connectivity index (χ4n) is 3.84. The lowest BCUT2D eigenvalue weighted by molar-refractivity contribution is -0.137. The second-order valence-electron chi connectivity index (χ2n) is 7.58. The van der Waals surface area contributed by atoms with E-state index in [2.05, 4.69) is 0 Å². The van der Waals surface area contributed by atoms with Crippen LogP contribution in [0.25, 0.3) is 11.0 Å². The molecule has 2 aliphatic rings. The molecule has 0 radical (unpaired) electrons. The number of rotatable bonds is 6. The van der Waals surface area contributed by atoms with E-state index in [1.165, 1.54) is 0 Å². The highest BCUT2D eigenvalue weighted by atomic mass is 32.2. The number of carbonyl (C=O) groups excluding carboxylic acids is 2. The summed E-state index contributed by atoms with van der Waals surface area (Å²) in [5, 5.41) is 0.735. The number of amides is 1. The van der Waals surface area contributed by atoms with E-state index in [1.54, 1.807) is 37.1 Å². The number of hydrogen-bond donors (Lipinski definition) is 0. The van der Waals surface area contributed by atoms with Gasteiger partial charge in [0.25, 0.3) is 5.91 Å². The fraction of sp³-hybridized carbons (Fsp3) is 0.500. The Labute approximate surface area is 168 Å². The lowest BCUT2D eigenvalue weighted by Crippen LogP contribution is -2.44. The molecular formula is C20H23NO7S. The van der Waals surface area contributed by atoms with Crippen LogP contribution in [-0.4, -0.2) is 62.5 Å². The third-order valence-corrected chi connectivity index (χ3v) is 7.24. The van der Waals surface area contributed by atoms with Gasteiger partial charge in [-0.2, -0.15) is 0 Å². The second kappa shape index (κ2) is 7.37. The van der Waals surface area contributed by atoms with Crippen LogP contribution < -0.4 is 4.74 Å². The van der Waals surface area contributed by atoms with E-state index in [0.717, 1.165) is 18.2 Å². The minimum absolute atomic E-state index is 0.0201. The van der Waals surface area contributed by atoms with Gasteiger partial charge in [0.2, 0.25) is 5.76 Å². The molecule has 2 heterocycles. The standard InChI is InChI=1S/C20H23NO7S/c1-12-16-9-15(26-2)5-6-17(16)28-19(12)20(23)27-10-18(22)21(13-3-4-13)14-7-8-29(24,25)11-14/h5-6,9,13-14H,3-4,7-8,10-11H2,1-2H3/t14-/m1/s1. The summed E-state index contributed by atoms with van der Waals surface area (Å²) in [5.41, 5.74) is 1.13. The topological polar surface area (TPSA) is 103 Å². The monoisotopic (exact) mass is 421 g/mol. The quantitative estimate of drug-likeness (QED) is 0.658. The van der Waals surface area contributed by atoms with Gasteiger partial charge in [-0.3, -0.25) is 4.79 Å². The number of furan rings is 1. The molecule has 1 amide bonds.